The number of ether oxygens (including phenoxy) is 6. The first-order valence-electron chi connectivity index (χ1n) is 21.3. The fraction of sp³-hybridized carbons (Fsp3) is 0.511. The highest BCUT2D eigenvalue weighted by atomic mass is 32.2. The molecule has 1 heterocycles. The summed E-state index contributed by atoms with van der Waals surface area (Å²) in [6.07, 6.45) is 5.79. The van der Waals surface area contributed by atoms with Crippen molar-refractivity contribution >= 4 is 33.7 Å². The largest absolute Gasteiger partial charge is 0.480 e. The number of carboxylic acid groups (broad SMARTS) is 1. The van der Waals surface area contributed by atoms with Crippen molar-refractivity contribution in [2.24, 2.45) is 0 Å². The van der Waals surface area contributed by atoms with Gasteiger partial charge in [-0.25, -0.2) is 28.0 Å². The van der Waals surface area contributed by atoms with Crippen LogP contribution in [-0.4, -0.2) is 145 Å². The van der Waals surface area contributed by atoms with Gasteiger partial charge in [-0.1, -0.05) is 60.4 Å². The Bertz CT molecular complexity index is 2050. The molecule has 64 heavy (non-hydrogen) atoms. The number of nitrogens with zero attached hydrogens (tertiary/aromatic N) is 2. The number of carbonyl (C=O) groups is 4. The first-order valence-corrected chi connectivity index (χ1v) is 23.2. The number of fused-ring (bicyclic) bond motifs is 3. The molecular formula is C45H59N5O13S. The summed E-state index contributed by atoms with van der Waals surface area (Å²) in [6, 6.07) is 15.1. The number of amides is 3. The van der Waals surface area contributed by atoms with E-state index in [2.05, 4.69) is 62.0 Å². The van der Waals surface area contributed by atoms with E-state index in [9.17, 15) is 32.7 Å². The molecule has 3 amide bonds. The molecular weight excluding hydrogens is 851 g/mol. The number of hydrogen-bond acceptors (Lipinski definition) is 14. The molecule has 1 aromatic heterocycles. The minimum atomic E-state index is -3.46. The number of hydrogen-bond donors (Lipinski definition) is 4. The molecule has 348 valence electrons. The summed E-state index contributed by atoms with van der Waals surface area (Å²) >= 11 is 0. The zero-order chi connectivity index (χ0) is 45.8. The Balaban J connectivity index is 0.874. The predicted molar refractivity (Wildman–Crippen MR) is 234 cm³/mol. The maximum Gasteiger partial charge on any atom is 0.407 e. The summed E-state index contributed by atoms with van der Waals surface area (Å²) in [5, 5.41) is 17.4. The van der Waals surface area contributed by atoms with Crippen LogP contribution in [0.4, 0.5) is 4.79 Å². The lowest BCUT2D eigenvalue weighted by Crippen LogP contribution is -2.41. The molecule has 0 saturated heterocycles. The average molecular weight is 910 g/mol. The highest BCUT2D eigenvalue weighted by Crippen LogP contribution is 2.44. The molecule has 0 unspecified atom stereocenters. The second-order valence-electron chi connectivity index (χ2n) is 14.6. The zero-order valence-corrected chi connectivity index (χ0v) is 37.0. The number of carbonyl (C=O) groups excluding carboxylic acids is 3. The van der Waals surface area contributed by atoms with Crippen molar-refractivity contribution in [2.45, 2.75) is 62.1 Å². The predicted octanol–water partition coefficient (Wildman–Crippen LogP) is 3.27. The SMILES string of the molecule is CS(=O)(=O)c1ncc(C#CCCCC(=O)NCCOCCOCCOCCOCCOCCC(=O)N[C@@H](CCCCNC(=O)OCC2c3ccccc3-c3ccccc32)C(=O)O)cn1. The van der Waals surface area contributed by atoms with E-state index in [4.69, 9.17) is 28.4 Å². The Morgan fingerprint density at radius 1 is 0.703 bits per heavy atom. The third kappa shape index (κ3) is 19.5. The van der Waals surface area contributed by atoms with Crippen molar-refractivity contribution in [3.8, 4) is 23.0 Å². The van der Waals surface area contributed by atoms with Crippen LogP contribution in [0.3, 0.4) is 0 Å². The number of sulfone groups is 1. The van der Waals surface area contributed by atoms with E-state index >= 15 is 0 Å². The lowest BCUT2D eigenvalue weighted by Gasteiger charge is -2.15. The molecule has 18 nitrogen and oxygen atoms in total. The first kappa shape index (κ1) is 51.1. The van der Waals surface area contributed by atoms with Crippen LogP contribution in [0.25, 0.3) is 11.1 Å². The Hall–Kier alpha value is -5.49. The monoisotopic (exact) mass is 909 g/mol. The maximum atomic E-state index is 12.4. The normalized spacial score (nSPS) is 12.3. The highest BCUT2D eigenvalue weighted by molar-refractivity contribution is 7.90. The van der Waals surface area contributed by atoms with Crippen LogP contribution in [0.2, 0.25) is 0 Å². The summed E-state index contributed by atoms with van der Waals surface area (Å²) in [5.41, 5.74) is 5.05. The van der Waals surface area contributed by atoms with E-state index < -0.39 is 33.8 Å². The molecule has 3 aromatic rings. The molecule has 0 saturated carbocycles. The number of nitrogens with one attached hydrogen (secondary N) is 3. The van der Waals surface area contributed by atoms with Crippen LogP contribution < -0.4 is 16.0 Å². The molecule has 0 fully saturated rings. The second kappa shape index (κ2) is 29.1. The van der Waals surface area contributed by atoms with E-state index in [1.165, 1.54) is 12.4 Å². The molecule has 0 aliphatic heterocycles. The third-order valence-electron chi connectivity index (χ3n) is 9.59. The standard InChI is InChI=1S/C45H59N5O13S/c1-64(56,57)44-48-31-34(32-49-44)11-3-2-4-17-41(51)46-20-22-59-24-26-61-28-30-62-29-27-60-25-23-58-21-18-42(52)50-40(43(53)54)16-9-10-19-47-45(55)63-33-39-37-14-7-5-12-35(37)36-13-6-8-15-38(36)39/h5-8,12-15,31-32,39-40H,2,4,9-10,16-30,33H2,1H3,(H,46,51)(H,47,55)(H,50,52)(H,53,54)/t40-/m0/s1. The molecule has 1 atom stereocenters. The van der Waals surface area contributed by atoms with Crippen LogP contribution in [0.1, 0.15) is 67.6 Å². The maximum absolute atomic E-state index is 12.4. The topological polar surface area (TPSA) is 240 Å². The van der Waals surface area contributed by atoms with Crippen molar-refractivity contribution in [1.29, 1.82) is 0 Å². The van der Waals surface area contributed by atoms with Gasteiger partial charge in [0.1, 0.15) is 12.6 Å². The van der Waals surface area contributed by atoms with Gasteiger partial charge in [0, 0.05) is 56.9 Å². The lowest BCUT2D eigenvalue weighted by atomic mass is 9.98. The van der Waals surface area contributed by atoms with Crippen molar-refractivity contribution in [2.75, 3.05) is 92.0 Å². The average Bonchev–Trinajstić information content (AvgIpc) is 3.60. The Labute approximate surface area is 374 Å². The summed E-state index contributed by atoms with van der Waals surface area (Å²) in [7, 11) is -3.46. The van der Waals surface area contributed by atoms with Gasteiger partial charge in [-0.2, -0.15) is 0 Å². The number of aliphatic carboxylic acids is 1. The van der Waals surface area contributed by atoms with E-state index in [1.807, 2.05) is 24.3 Å². The van der Waals surface area contributed by atoms with Crippen LogP contribution in [0, 0.1) is 11.8 Å². The lowest BCUT2D eigenvalue weighted by molar-refractivity contribution is -0.142. The van der Waals surface area contributed by atoms with Gasteiger partial charge in [0.15, 0.2) is 0 Å². The smallest absolute Gasteiger partial charge is 0.407 e. The van der Waals surface area contributed by atoms with Gasteiger partial charge < -0.3 is 49.5 Å². The van der Waals surface area contributed by atoms with Crippen molar-refractivity contribution in [1.82, 2.24) is 25.9 Å². The number of carboxylic acids is 1. The van der Waals surface area contributed by atoms with Crippen molar-refractivity contribution < 1.29 is 61.1 Å². The van der Waals surface area contributed by atoms with Gasteiger partial charge in [0.25, 0.3) is 0 Å². The Morgan fingerprint density at radius 2 is 1.27 bits per heavy atom. The number of rotatable bonds is 31. The van der Waals surface area contributed by atoms with Crippen LogP contribution in [0.15, 0.2) is 66.1 Å². The Morgan fingerprint density at radius 3 is 1.84 bits per heavy atom. The summed E-state index contributed by atoms with van der Waals surface area (Å²) in [6.45, 7) is 4.18. The number of alkyl carbamates (subject to hydrolysis) is 1. The molecule has 0 bridgehead atoms. The van der Waals surface area contributed by atoms with Crippen LogP contribution in [-0.2, 0) is 52.6 Å². The third-order valence-corrected chi connectivity index (χ3v) is 10.5. The summed E-state index contributed by atoms with van der Waals surface area (Å²) in [4.78, 5) is 56.0. The first-order chi connectivity index (χ1) is 31.0. The van der Waals surface area contributed by atoms with Crippen molar-refractivity contribution in [3.63, 3.8) is 0 Å². The van der Waals surface area contributed by atoms with Crippen LogP contribution >= 0.6 is 0 Å². The fourth-order valence-electron chi connectivity index (χ4n) is 6.41. The minimum Gasteiger partial charge on any atom is -0.480 e. The van der Waals surface area contributed by atoms with Crippen molar-refractivity contribution in [3.05, 3.63) is 77.6 Å². The quantitative estimate of drug-likeness (QED) is 0.0412. The van der Waals surface area contributed by atoms with Gasteiger partial charge >= 0.3 is 12.1 Å². The van der Waals surface area contributed by atoms with E-state index in [-0.39, 0.29) is 49.6 Å². The van der Waals surface area contributed by atoms with Gasteiger partial charge in [0.05, 0.1) is 71.6 Å². The summed E-state index contributed by atoms with van der Waals surface area (Å²) < 4.78 is 55.6. The fourth-order valence-corrected chi connectivity index (χ4v) is 6.90. The molecule has 2 aromatic carbocycles. The molecule has 1 aliphatic carbocycles. The van der Waals surface area contributed by atoms with Gasteiger partial charge in [-0.3, -0.25) is 9.59 Å². The van der Waals surface area contributed by atoms with E-state index in [0.29, 0.717) is 104 Å². The molecule has 19 heteroatoms. The number of benzene rings is 2. The van der Waals surface area contributed by atoms with Crippen LogP contribution in [0.5, 0.6) is 0 Å². The molecule has 4 N–H and O–H groups in total. The van der Waals surface area contributed by atoms with Gasteiger partial charge in [-0.05, 0) is 47.9 Å². The molecule has 4 rings (SSSR count). The molecule has 0 spiro atoms. The molecule has 1 aliphatic rings. The van der Waals surface area contributed by atoms with Gasteiger partial charge in [0.2, 0.25) is 26.8 Å². The number of unbranched alkanes of at least 4 members (excludes halogenated alkanes) is 2. The van der Waals surface area contributed by atoms with E-state index in [0.717, 1.165) is 28.5 Å². The van der Waals surface area contributed by atoms with E-state index in [1.54, 1.807) is 0 Å². The Kier molecular flexibility index (Phi) is 23.2. The highest BCUT2D eigenvalue weighted by Gasteiger charge is 2.29. The number of aromatic nitrogens is 2. The summed E-state index contributed by atoms with van der Waals surface area (Å²) in [5.74, 6) is 4.06. The minimum absolute atomic E-state index is 0.00384. The van der Waals surface area contributed by atoms with Gasteiger partial charge in [-0.15, -0.1) is 0 Å². The zero-order valence-electron chi connectivity index (χ0n) is 36.2. The second-order valence-corrected chi connectivity index (χ2v) is 16.5. The molecule has 0 radical (unpaired) electrons.